The number of hydrogen-bond acceptors (Lipinski definition) is 4. The van der Waals surface area contributed by atoms with Gasteiger partial charge in [-0.3, -0.25) is 0 Å². The number of ether oxygens (including phenoxy) is 1. The maximum Gasteiger partial charge on any atom is 0.0699 e. The Morgan fingerprint density at radius 1 is 1.44 bits per heavy atom. The van der Waals surface area contributed by atoms with E-state index in [0.717, 1.165) is 58.5 Å². The van der Waals surface area contributed by atoms with Crippen LogP contribution in [0, 0.1) is 0 Å². The lowest BCUT2D eigenvalue weighted by Crippen LogP contribution is -2.39. The molecule has 18 heavy (non-hydrogen) atoms. The summed E-state index contributed by atoms with van der Waals surface area (Å²) in [5.41, 5.74) is 0. The molecule has 1 fully saturated rings. The molecule has 108 valence electrons. The Balaban J connectivity index is 2.26. The van der Waals surface area contributed by atoms with Gasteiger partial charge in [0.2, 0.25) is 0 Å². The highest BCUT2D eigenvalue weighted by atomic mass is 16.5. The predicted octanol–water partition coefficient (Wildman–Crippen LogP) is 1.24. The molecule has 0 radical (unpaired) electrons. The van der Waals surface area contributed by atoms with Crippen LogP contribution in [0.15, 0.2) is 0 Å². The molecule has 0 aliphatic carbocycles. The summed E-state index contributed by atoms with van der Waals surface area (Å²) in [4.78, 5) is 2.48. The van der Waals surface area contributed by atoms with Crippen molar-refractivity contribution >= 4 is 0 Å². The van der Waals surface area contributed by atoms with Crippen LogP contribution in [0.3, 0.4) is 0 Å². The van der Waals surface area contributed by atoms with Gasteiger partial charge >= 0.3 is 0 Å². The zero-order valence-corrected chi connectivity index (χ0v) is 12.0. The molecule has 4 heteroatoms. The van der Waals surface area contributed by atoms with Gasteiger partial charge in [0, 0.05) is 25.7 Å². The number of rotatable bonds is 8. The summed E-state index contributed by atoms with van der Waals surface area (Å²) in [6.45, 7) is 9.69. The third-order valence-corrected chi connectivity index (χ3v) is 3.59. The summed E-state index contributed by atoms with van der Waals surface area (Å²) in [7, 11) is 0. The van der Waals surface area contributed by atoms with Crippen LogP contribution in [0.1, 0.15) is 39.5 Å². The van der Waals surface area contributed by atoms with Gasteiger partial charge in [0.05, 0.1) is 12.7 Å². The standard InChI is InChI=1S/C14H30N2O2/c1-3-7-15-13(12-17)6-9-16-8-5-10-18-14(4-2)11-16/h13-15,17H,3-12H2,1-2H3. The Kier molecular flexibility index (Phi) is 8.59. The first kappa shape index (κ1) is 15.9. The summed E-state index contributed by atoms with van der Waals surface area (Å²) < 4.78 is 5.77. The topological polar surface area (TPSA) is 44.7 Å². The maximum atomic E-state index is 9.33. The predicted molar refractivity (Wildman–Crippen MR) is 74.9 cm³/mol. The molecule has 0 spiro atoms. The van der Waals surface area contributed by atoms with Crippen LogP contribution < -0.4 is 5.32 Å². The molecule has 0 aromatic heterocycles. The van der Waals surface area contributed by atoms with Crippen molar-refractivity contribution in [2.75, 3.05) is 39.4 Å². The third-order valence-electron chi connectivity index (χ3n) is 3.59. The second kappa shape index (κ2) is 9.73. The molecule has 1 rings (SSSR count). The maximum absolute atomic E-state index is 9.33. The summed E-state index contributed by atoms with van der Waals surface area (Å²) in [5.74, 6) is 0. The van der Waals surface area contributed by atoms with Gasteiger partial charge in [0.25, 0.3) is 0 Å². The van der Waals surface area contributed by atoms with Crippen LogP contribution in [0.25, 0.3) is 0 Å². The molecule has 2 N–H and O–H groups in total. The van der Waals surface area contributed by atoms with Gasteiger partial charge in [-0.1, -0.05) is 13.8 Å². The minimum absolute atomic E-state index is 0.238. The lowest BCUT2D eigenvalue weighted by molar-refractivity contribution is 0.0511. The largest absolute Gasteiger partial charge is 0.395 e. The van der Waals surface area contributed by atoms with Crippen molar-refractivity contribution in [3.05, 3.63) is 0 Å². The van der Waals surface area contributed by atoms with Crippen molar-refractivity contribution < 1.29 is 9.84 Å². The molecule has 0 saturated carbocycles. The van der Waals surface area contributed by atoms with Crippen LogP contribution >= 0.6 is 0 Å². The van der Waals surface area contributed by atoms with Crippen LogP contribution in [-0.4, -0.2) is 61.5 Å². The van der Waals surface area contributed by atoms with E-state index in [-0.39, 0.29) is 12.6 Å². The Bertz CT molecular complexity index is 202. The van der Waals surface area contributed by atoms with E-state index < -0.39 is 0 Å². The van der Waals surface area contributed by atoms with E-state index in [0.29, 0.717) is 6.10 Å². The van der Waals surface area contributed by atoms with Gasteiger partial charge in [-0.2, -0.15) is 0 Å². The molecule has 0 aromatic carbocycles. The smallest absolute Gasteiger partial charge is 0.0699 e. The Morgan fingerprint density at radius 3 is 2.94 bits per heavy atom. The SMILES string of the molecule is CCCNC(CO)CCN1CCCOC(CC)C1. The Morgan fingerprint density at radius 2 is 2.28 bits per heavy atom. The highest BCUT2D eigenvalue weighted by Gasteiger charge is 2.18. The minimum atomic E-state index is 0.238. The van der Waals surface area contributed by atoms with Crippen molar-refractivity contribution in [2.45, 2.75) is 51.7 Å². The van der Waals surface area contributed by atoms with E-state index >= 15 is 0 Å². The van der Waals surface area contributed by atoms with Crippen LogP contribution in [-0.2, 0) is 4.74 Å². The fourth-order valence-corrected chi connectivity index (χ4v) is 2.36. The zero-order chi connectivity index (χ0) is 13.2. The van der Waals surface area contributed by atoms with E-state index in [1.165, 1.54) is 0 Å². The van der Waals surface area contributed by atoms with Gasteiger partial charge < -0.3 is 20.1 Å². The molecule has 2 unspecified atom stereocenters. The van der Waals surface area contributed by atoms with E-state index in [4.69, 9.17) is 4.74 Å². The van der Waals surface area contributed by atoms with E-state index in [1.54, 1.807) is 0 Å². The number of aliphatic hydroxyl groups is 1. The fraction of sp³-hybridized carbons (Fsp3) is 1.00. The van der Waals surface area contributed by atoms with Crippen molar-refractivity contribution in [1.82, 2.24) is 10.2 Å². The average molecular weight is 258 g/mol. The van der Waals surface area contributed by atoms with Crippen molar-refractivity contribution in [3.63, 3.8) is 0 Å². The molecule has 1 saturated heterocycles. The molecule has 0 bridgehead atoms. The normalized spacial score (nSPS) is 23.8. The molecular formula is C14H30N2O2. The molecule has 1 aliphatic rings. The quantitative estimate of drug-likeness (QED) is 0.687. The number of nitrogens with one attached hydrogen (secondary N) is 1. The molecule has 1 aliphatic heterocycles. The van der Waals surface area contributed by atoms with Gasteiger partial charge in [-0.15, -0.1) is 0 Å². The number of hydrogen-bond donors (Lipinski definition) is 2. The highest BCUT2D eigenvalue weighted by molar-refractivity contribution is 4.73. The summed E-state index contributed by atoms with van der Waals surface area (Å²) in [6.07, 6.45) is 4.75. The van der Waals surface area contributed by atoms with Crippen molar-refractivity contribution in [3.8, 4) is 0 Å². The van der Waals surface area contributed by atoms with Gasteiger partial charge in [-0.25, -0.2) is 0 Å². The van der Waals surface area contributed by atoms with Crippen LogP contribution in [0.2, 0.25) is 0 Å². The highest BCUT2D eigenvalue weighted by Crippen LogP contribution is 2.09. The first-order valence-corrected chi connectivity index (χ1v) is 7.48. The average Bonchev–Trinajstić information content (AvgIpc) is 2.64. The third kappa shape index (κ3) is 6.14. The Labute approximate surface area is 112 Å². The van der Waals surface area contributed by atoms with Crippen LogP contribution in [0.5, 0.6) is 0 Å². The second-order valence-corrected chi connectivity index (χ2v) is 5.18. The van der Waals surface area contributed by atoms with Crippen molar-refractivity contribution in [2.24, 2.45) is 0 Å². The van der Waals surface area contributed by atoms with E-state index in [1.807, 2.05) is 0 Å². The van der Waals surface area contributed by atoms with Gasteiger partial charge in [0.15, 0.2) is 0 Å². The molecule has 1 heterocycles. The summed E-state index contributed by atoms with van der Waals surface area (Å²) >= 11 is 0. The lowest BCUT2D eigenvalue weighted by Gasteiger charge is -2.25. The molecule has 2 atom stereocenters. The summed E-state index contributed by atoms with van der Waals surface area (Å²) in [6, 6.07) is 0.245. The zero-order valence-electron chi connectivity index (χ0n) is 12.0. The van der Waals surface area contributed by atoms with Crippen molar-refractivity contribution in [1.29, 1.82) is 0 Å². The minimum Gasteiger partial charge on any atom is -0.395 e. The lowest BCUT2D eigenvalue weighted by atomic mass is 10.2. The number of aliphatic hydroxyl groups excluding tert-OH is 1. The summed E-state index contributed by atoms with van der Waals surface area (Å²) in [5, 5.41) is 12.7. The van der Waals surface area contributed by atoms with Gasteiger partial charge in [-0.05, 0) is 38.8 Å². The monoisotopic (exact) mass is 258 g/mol. The molecule has 4 nitrogen and oxygen atoms in total. The molecular weight excluding hydrogens is 228 g/mol. The number of nitrogens with zero attached hydrogens (tertiary/aromatic N) is 1. The first-order chi connectivity index (χ1) is 8.80. The second-order valence-electron chi connectivity index (χ2n) is 5.18. The van der Waals surface area contributed by atoms with Gasteiger partial charge in [0.1, 0.15) is 0 Å². The Hall–Kier alpha value is -0.160. The van der Waals surface area contributed by atoms with Crippen LogP contribution in [0.4, 0.5) is 0 Å². The molecule has 0 aromatic rings. The molecule has 0 amide bonds. The first-order valence-electron chi connectivity index (χ1n) is 7.48. The van der Waals surface area contributed by atoms with E-state index in [9.17, 15) is 5.11 Å². The fourth-order valence-electron chi connectivity index (χ4n) is 2.36. The van der Waals surface area contributed by atoms with E-state index in [2.05, 4.69) is 24.1 Å².